The third kappa shape index (κ3) is 4.62. The lowest BCUT2D eigenvalue weighted by molar-refractivity contribution is 0.131. The third-order valence-electron chi connectivity index (χ3n) is 3.44. The first kappa shape index (κ1) is 16.2. The maximum atomic E-state index is 12.0. The van der Waals surface area contributed by atoms with Crippen molar-refractivity contribution in [1.29, 1.82) is 0 Å². The van der Waals surface area contributed by atoms with Gasteiger partial charge in [0.2, 0.25) is 0 Å². The van der Waals surface area contributed by atoms with Gasteiger partial charge < -0.3 is 5.11 Å². The van der Waals surface area contributed by atoms with E-state index in [4.69, 9.17) is 0 Å². The lowest BCUT2D eigenvalue weighted by atomic mass is 10.0. The molecule has 0 radical (unpaired) electrons. The van der Waals surface area contributed by atoms with Crippen LogP contribution in [-0.4, -0.2) is 25.4 Å². The summed E-state index contributed by atoms with van der Waals surface area (Å²) in [6.45, 7) is 4.00. The Kier molecular flexibility index (Phi) is 6.52. The molecule has 0 unspecified atom stereocenters. The van der Waals surface area contributed by atoms with E-state index >= 15 is 0 Å². The highest BCUT2D eigenvalue weighted by Crippen LogP contribution is 2.29. The van der Waals surface area contributed by atoms with Crippen molar-refractivity contribution in [3.8, 4) is 0 Å². The summed E-state index contributed by atoms with van der Waals surface area (Å²) in [5.74, 6) is 0.00953. The van der Waals surface area contributed by atoms with Gasteiger partial charge in [-0.25, -0.2) is 8.42 Å². The molecule has 1 aliphatic carbocycles. The number of rotatable bonds is 4. The molecule has 0 heterocycles. The SMILES string of the molecule is CC.O=S(=O)(C[C@@H](O)C1CCCC1)c1ccccc1. The molecule has 0 aromatic heterocycles. The minimum atomic E-state index is -3.35. The van der Waals surface area contributed by atoms with Crippen LogP contribution in [0.4, 0.5) is 0 Å². The van der Waals surface area contributed by atoms with E-state index in [-0.39, 0.29) is 11.7 Å². The largest absolute Gasteiger partial charge is 0.392 e. The molecule has 0 spiro atoms. The summed E-state index contributed by atoms with van der Waals surface area (Å²) in [5, 5.41) is 9.97. The summed E-state index contributed by atoms with van der Waals surface area (Å²) in [5.41, 5.74) is 0. The van der Waals surface area contributed by atoms with E-state index in [0.29, 0.717) is 4.90 Å². The van der Waals surface area contributed by atoms with Crippen LogP contribution in [0.3, 0.4) is 0 Å². The maximum absolute atomic E-state index is 12.0. The fourth-order valence-corrected chi connectivity index (χ4v) is 3.91. The number of aliphatic hydroxyl groups excluding tert-OH is 1. The molecular formula is C15H24O3S. The van der Waals surface area contributed by atoms with Crippen molar-refractivity contribution in [2.75, 3.05) is 5.75 Å². The first-order valence-electron chi connectivity index (χ1n) is 7.05. The van der Waals surface area contributed by atoms with Crippen molar-refractivity contribution >= 4 is 9.84 Å². The van der Waals surface area contributed by atoms with Crippen molar-refractivity contribution in [3.63, 3.8) is 0 Å². The zero-order valence-corrected chi connectivity index (χ0v) is 12.6. The topological polar surface area (TPSA) is 54.4 Å². The molecule has 3 nitrogen and oxygen atoms in total. The molecule has 0 bridgehead atoms. The second-order valence-electron chi connectivity index (χ2n) is 4.71. The van der Waals surface area contributed by atoms with Crippen molar-refractivity contribution in [1.82, 2.24) is 0 Å². The fraction of sp³-hybridized carbons (Fsp3) is 0.600. The molecule has 0 saturated heterocycles. The molecular weight excluding hydrogens is 260 g/mol. The van der Waals surface area contributed by atoms with Crippen LogP contribution >= 0.6 is 0 Å². The standard InChI is InChI=1S/C13H18O3S.C2H6/c14-13(11-6-4-5-7-11)10-17(15,16)12-8-2-1-3-9-12;1-2/h1-3,8-9,11,13-14H,4-7,10H2;1-2H3/t13-;/m1./s1. The predicted molar refractivity (Wildman–Crippen MR) is 77.8 cm³/mol. The summed E-state index contributed by atoms with van der Waals surface area (Å²) < 4.78 is 24.1. The van der Waals surface area contributed by atoms with Gasteiger partial charge in [0.15, 0.2) is 9.84 Å². The van der Waals surface area contributed by atoms with E-state index in [1.165, 1.54) is 0 Å². The van der Waals surface area contributed by atoms with Crippen LogP contribution in [0.5, 0.6) is 0 Å². The molecule has 2 rings (SSSR count). The first-order chi connectivity index (χ1) is 9.09. The lowest BCUT2D eigenvalue weighted by Crippen LogP contribution is -2.27. The van der Waals surface area contributed by atoms with E-state index in [2.05, 4.69) is 0 Å². The molecule has 108 valence electrons. The van der Waals surface area contributed by atoms with Gasteiger partial charge in [-0.05, 0) is 30.9 Å². The summed E-state index contributed by atoms with van der Waals surface area (Å²) in [6.07, 6.45) is 3.39. The van der Waals surface area contributed by atoms with Crippen LogP contribution in [0.15, 0.2) is 35.2 Å². The number of hydrogen-bond acceptors (Lipinski definition) is 3. The highest BCUT2D eigenvalue weighted by Gasteiger charge is 2.28. The highest BCUT2D eigenvalue weighted by molar-refractivity contribution is 7.91. The molecule has 1 N–H and O–H groups in total. The Morgan fingerprint density at radius 3 is 2.21 bits per heavy atom. The van der Waals surface area contributed by atoms with Gasteiger partial charge in [0.25, 0.3) is 0 Å². The predicted octanol–water partition coefficient (Wildman–Crippen LogP) is 3.04. The summed E-state index contributed by atoms with van der Waals surface area (Å²) >= 11 is 0. The molecule has 1 fully saturated rings. The zero-order chi connectivity index (χ0) is 14.3. The van der Waals surface area contributed by atoms with Crippen LogP contribution in [0.1, 0.15) is 39.5 Å². The van der Waals surface area contributed by atoms with Gasteiger partial charge in [-0.3, -0.25) is 0 Å². The minimum absolute atomic E-state index is 0.151. The molecule has 1 aromatic rings. The molecule has 1 aromatic carbocycles. The van der Waals surface area contributed by atoms with Crippen LogP contribution in [0.25, 0.3) is 0 Å². The van der Waals surface area contributed by atoms with Gasteiger partial charge in [0.05, 0.1) is 16.8 Å². The maximum Gasteiger partial charge on any atom is 0.180 e. The molecule has 0 amide bonds. The van der Waals surface area contributed by atoms with Crippen molar-refractivity contribution in [3.05, 3.63) is 30.3 Å². The number of hydrogen-bond donors (Lipinski definition) is 1. The summed E-state index contributed by atoms with van der Waals surface area (Å²) in [7, 11) is -3.35. The second kappa shape index (κ2) is 7.65. The van der Waals surface area contributed by atoms with Gasteiger partial charge in [0, 0.05) is 0 Å². The van der Waals surface area contributed by atoms with Gasteiger partial charge in [0.1, 0.15) is 0 Å². The normalized spacial score (nSPS) is 17.6. The number of sulfone groups is 1. The van der Waals surface area contributed by atoms with Crippen LogP contribution in [0.2, 0.25) is 0 Å². The quantitative estimate of drug-likeness (QED) is 0.924. The van der Waals surface area contributed by atoms with Crippen LogP contribution < -0.4 is 0 Å². The van der Waals surface area contributed by atoms with Crippen molar-refractivity contribution < 1.29 is 13.5 Å². The van der Waals surface area contributed by atoms with Crippen LogP contribution in [0, 0.1) is 5.92 Å². The average Bonchev–Trinajstić information content (AvgIpc) is 2.96. The van der Waals surface area contributed by atoms with E-state index in [1.807, 2.05) is 13.8 Å². The van der Waals surface area contributed by atoms with E-state index in [1.54, 1.807) is 30.3 Å². The molecule has 19 heavy (non-hydrogen) atoms. The average molecular weight is 284 g/mol. The molecule has 0 aliphatic heterocycles. The van der Waals surface area contributed by atoms with Crippen molar-refractivity contribution in [2.24, 2.45) is 5.92 Å². The van der Waals surface area contributed by atoms with Crippen molar-refractivity contribution in [2.45, 2.75) is 50.5 Å². The minimum Gasteiger partial charge on any atom is -0.392 e. The lowest BCUT2D eigenvalue weighted by Gasteiger charge is -2.17. The summed E-state index contributed by atoms with van der Waals surface area (Å²) in [6, 6.07) is 8.35. The summed E-state index contributed by atoms with van der Waals surface area (Å²) in [4.78, 5) is 0.303. The molecule has 1 atom stereocenters. The Morgan fingerprint density at radius 1 is 1.16 bits per heavy atom. The second-order valence-corrected chi connectivity index (χ2v) is 6.74. The molecule has 1 aliphatic rings. The highest BCUT2D eigenvalue weighted by atomic mass is 32.2. The monoisotopic (exact) mass is 284 g/mol. The first-order valence-corrected chi connectivity index (χ1v) is 8.71. The Balaban J connectivity index is 0.000000861. The fourth-order valence-electron chi connectivity index (χ4n) is 2.43. The van der Waals surface area contributed by atoms with Gasteiger partial charge in [-0.15, -0.1) is 0 Å². The smallest absolute Gasteiger partial charge is 0.180 e. The van der Waals surface area contributed by atoms with Gasteiger partial charge in [-0.1, -0.05) is 44.9 Å². The van der Waals surface area contributed by atoms with Gasteiger partial charge >= 0.3 is 0 Å². The van der Waals surface area contributed by atoms with Gasteiger partial charge in [-0.2, -0.15) is 0 Å². The third-order valence-corrected chi connectivity index (χ3v) is 5.21. The Labute approximate surface area is 116 Å². The molecule has 1 saturated carbocycles. The zero-order valence-electron chi connectivity index (χ0n) is 11.7. The Morgan fingerprint density at radius 2 is 1.68 bits per heavy atom. The number of aliphatic hydroxyl groups is 1. The Bertz CT molecular complexity index is 448. The van der Waals surface area contributed by atoms with E-state index < -0.39 is 15.9 Å². The molecule has 4 heteroatoms. The van der Waals surface area contributed by atoms with E-state index in [9.17, 15) is 13.5 Å². The van der Waals surface area contributed by atoms with Crippen LogP contribution in [-0.2, 0) is 9.84 Å². The van der Waals surface area contributed by atoms with E-state index in [0.717, 1.165) is 25.7 Å². The number of benzene rings is 1. The Hall–Kier alpha value is -0.870.